The van der Waals surface area contributed by atoms with Crippen LogP contribution in [-0.2, 0) is 11.3 Å². The van der Waals surface area contributed by atoms with E-state index >= 15 is 0 Å². The molecule has 1 amide bonds. The number of benzene rings is 2. The quantitative estimate of drug-likeness (QED) is 0.543. The predicted octanol–water partition coefficient (Wildman–Crippen LogP) is 3.11. The molecule has 0 radical (unpaired) electrons. The van der Waals surface area contributed by atoms with Crippen molar-refractivity contribution in [2.24, 2.45) is 0 Å². The van der Waals surface area contributed by atoms with Crippen molar-refractivity contribution in [1.29, 1.82) is 0 Å². The van der Waals surface area contributed by atoms with Crippen LogP contribution in [0, 0.1) is 15.9 Å². The highest BCUT2D eigenvalue weighted by Crippen LogP contribution is 2.29. The van der Waals surface area contributed by atoms with Crippen molar-refractivity contribution in [1.82, 2.24) is 9.80 Å². The molecule has 1 aliphatic heterocycles. The first-order valence-corrected chi connectivity index (χ1v) is 9.11. The number of carbonyl (C=O) groups excluding carboxylic acids is 1. The first-order chi connectivity index (χ1) is 13.4. The maximum absolute atomic E-state index is 13.0. The monoisotopic (exact) mass is 407 g/mol. The van der Waals surface area contributed by atoms with Gasteiger partial charge in [-0.3, -0.25) is 19.8 Å². The van der Waals surface area contributed by atoms with Crippen LogP contribution in [0.15, 0.2) is 42.5 Å². The molecule has 0 unspecified atom stereocenters. The van der Waals surface area contributed by atoms with Crippen LogP contribution in [0.3, 0.4) is 0 Å². The summed E-state index contributed by atoms with van der Waals surface area (Å²) in [7, 11) is 0. The summed E-state index contributed by atoms with van der Waals surface area (Å²) in [5.74, 6) is -0.483. The zero-order valence-electron chi connectivity index (χ0n) is 15.0. The molecule has 1 saturated heterocycles. The van der Waals surface area contributed by atoms with Crippen molar-refractivity contribution in [3.8, 4) is 5.75 Å². The summed E-state index contributed by atoms with van der Waals surface area (Å²) in [6, 6.07) is 10.4. The minimum atomic E-state index is -0.597. The van der Waals surface area contributed by atoms with E-state index in [1.165, 1.54) is 30.3 Å². The topological polar surface area (TPSA) is 75.9 Å². The van der Waals surface area contributed by atoms with Crippen molar-refractivity contribution in [3.05, 3.63) is 69.0 Å². The molecule has 0 aliphatic carbocycles. The Kier molecular flexibility index (Phi) is 6.43. The van der Waals surface area contributed by atoms with Crippen LogP contribution in [0.5, 0.6) is 5.75 Å². The molecular formula is C19H19ClFN3O4. The van der Waals surface area contributed by atoms with Crippen LogP contribution in [0.4, 0.5) is 10.1 Å². The van der Waals surface area contributed by atoms with Gasteiger partial charge in [-0.05, 0) is 29.8 Å². The average Bonchev–Trinajstić information content (AvgIpc) is 2.69. The zero-order chi connectivity index (χ0) is 20.1. The lowest BCUT2D eigenvalue weighted by atomic mass is 10.2. The minimum Gasteiger partial charge on any atom is -0.477 e. The fraction of sp³-hybridized carbons (Fsp3) is 0.316. The van der Waals surface area contributed by atoms with Gasteiger partial charge in [0, 0.05) is 43.8 Å². The van der Waals surface area contributed by atoms with Crippen LogP contribution >= 0.6 is 11.6 Å². The van der Waals surface area contributed by atoms with E-state index in [0.29, 0.717) is 32.7 Å². The van der Waals surface area contributed by atoms with Crippen LogP contribution in [0.1, 0.15) is 5.56 Å². The molecule has 3 rings (SSSR count). The molecule has 0 spiro atoms. The Labute approximate surface area is 166 Å². The van der Waals surface area contributed by atoms with Crippen molar-refractivity contribution >= 4 is 23.2 Å². The van der Waals surface area contributed by atoms with Crippen molar-refractivity contribution in [2.45, 2.75) is 6.54 Å². The number of ether oxygens (including phenoxy) is 1. The number of carbonyl (C=O) groups is 1. The number of halogens is 2. The summed E-state index contributed by atoms with van der Waals surface area (Å²) < 4.78 is 18.3. The first-order valence-electron chi connectivity index (χ1n) is 8.73. The van der Waals surface area contributed by atoms with Crippen LogP contribution < -0.4 is 4.74 Å². The van der Waals surface area contributed by atoms with E-state index in [0.717, 1.165) is 5.56 Å². The maximum Gasteiger partial charge on any atom is 0.312 e. The molecule has 28 heavy (non-hydrogen) atoms. The lowest BCUT2D eigenvalue weighted by molar-refractivity contribution is -0.385. The molecular weight excluding hydrogens is 389 g/mol. The number of nitro groups is 1. The molecule has 9 heteroatoms. The lowest BCUT2D eigenvalue weighted by Crippen LogP contribution is -2.49. The van der Waals surface area contributed by atoms with Gasteiger partial charge in [0.15, 0.2) is 12.4 Å². The summed E-state index contributed by atoms with van der Waals surface area (Å²) in [5.41, 5.74) is 0.740. The second kappa shape index (κ2) is 8.99. The largest absolute Gasteiger partial charge is 0.477 e. The molecule has 2 aromatic carbocycles. The van der Waals surface area contributed by atoms with Gasteiger partial charge in [0.25, 0.3) is 5.91 Å². The van der Waals surface area contributed by atoms with Gasteiger partial charge in [-0.15, -0.1) is 0 Å². The molecule has 0 saturated carbocycles. The van der Waals surface area contributed by atoms with Crippen molar-refractivity contribution < 1.29 is 18.8 Å². The normalized spacial score (nSPS) is 14.7. The van der Waals surface area contributed by atoms with E-state index in [1.807, 2.05) is 0 Å². The Bertz CT molecular complexity index is 855. The molecule has 7 nitrogen and oxygen atoms in total. The van der Waals surface area contributed by atoms with Gasteiger partial charge >= 0.3 is 5.69 Å². The summed E-state index contributed by atoms with van der Waals surface area (Å²) in [4.78, 5) is 26.7. The first kappa shape index (κ1) is 20.0. The molecule has 0 aromatic heterocycles. The van der Waals surface area contributed by atoms with Gasteiger partial charge < -0.3 is 9.64 Å². The van der Waals surface area contributed by atoms with E-state index in [9.17, 15) is 19.3 Å². The van der Waals surface area contributed by atoms with E-state index in [2.05, 4.69) is 4.90 Å². The van der Waals surface area contributed by atoms with E-state index in [4.69, 9.17) is 16.3 Å². The smallest absolute Gasteiger partial charge is 0.312 e. The Morgan fingerprint density at radius 2 is 1.82 bits per heavy atom. The Morgan fingerprint density at radius 3 is 2.46 bits per heavy atom. The molecule has 1 fully saturated rings. The number of piperazine rings is 1. The van der Waals surface area contributed by atoms with E-state index in [1.54, 1.807) is 17.0 Å². The molecule has 0 bridgehead atoms. The number of hydrogen-bond donors (Lipinski definition) is 0. The predicted molar refractivity (Wildman–Crippen MR) is 102 cm³/mol. The number of nitro benzene ring substituents is 1. The average molecular weight is 408 g/mol. The van der Waals surface area contributed by atoms with Crippen LogP contribution in [-0.4, -0.2) is 53.4 Å². The van der Waals surface area contributed by atoms with Crippen molar-refractivity contribution in [2.75, 3.05) is 32.8 Å². The number of nitrogens with zero attached hydrogens (tertiary/aromatic N) is 3. The van der Waals surface area contributed by atoms with E-state index < -0.39 is 4.92 Å². The Morgan fingerprint density at radius 1 is 1.14 bits per heavy atom. The van der Waals surface area contributed by atoms with Gasteiger partial charge in [-0.25, -0.2) is 4.39 Å². The van der Waals surface area contributed by atoms with Crippen molar-refractivity contribution in [3.63, 3.8) is 0 Å². The summed E-state index contributed by atoms with van der Waals surface area (Å²) in [6.07, 6.45) is 0. The van der Waals surface area contributed by atoms with Gasteiger partial charge in [0.1, 0.15) is 5.82 Å². The number of hydrogen-bond acceptors (Lipinski definition) is 5. The Balaban J connectivity index is 1.49. The molecule has 0 atom stereocenters. The molecule has 2 aromatic rings. The van der Waals surface area contributed by atoms with Crippen LogP contribution in [0.2, 0.25) is 5.02 Å². The molecule has 1 heterocycles. The highest BCUT2D eigenvalue weighted by atomic mass is 35.5. The summed E-state index contributed by atoms with van der Waals surface area (Å²) in [5, 5.41) is 11.3. The minimum absolute atomic E-state index is 0.0118. The second-order valence-corrected chi connectivity index (χ2v) is 6.88. The summed E-state index contributed by atoms with van der Waals surface area (Å²) >= 11 is 5.77. The molecule has 1 aliphatic rings. The van der Waals surface area contributed by atoms with Gasteiger partial charge in [-0.1, -0.05) is 23.7 Å². The van der Waals surface area contributed by atoms with Gasteiger partial charge in [0.05, 0.1) is 4.92 Å². The third-order valence-corrected chi connectivity index (χ3v) is 4.75. The number of rotatable bonds is 6. The highest BCUT2D eigenvalue weighted by Gasteiger charge is 2.23. The van der Waals surface area contributed by atoms with Gasteiger partial charge in [0.2, 0.25) is 0 Å². The Hall–Kier alpha value is -2.71. The third-order valence-electron chi connectivity index (χ3n) is 4.51. The fourth-order valence-corrected chi connectivity index (χ4v) is 3.16. The molecule has 0 N–H and O–H groups in total. The van der Waals surface area contributed by atoms with Gasteiger partial charge in [-0.2, -0.15) is 0 Å². The standard InChI is InChI=1S/C19H19ClFN3O4/c20-15-3-6-18(17(11-15)24(26)27)28-13-19(25)23-9-7-22(8-10-23)12-14-1-4-16(21)5-2-14/h1-6,11H,7-10,12-13H2. The number of amides is 1. The third kappa shape index (κ3) is 5.17. The summed E-state index contributed by atoms with van der Waals surface area (Å²) in [6.45, 7) is 2.85. The molecule has 148 valence electrons. The highest BCUT2D eigenvalue weighted by molar-refractivity contribution is 6.30. The zero-order valence-corrected chi connectivity index (χ0v) is 15.8. The lowest BCUT2D eigenvalue weighted by Gasteiger charge is -2.34. The van der Waals surface area contributed by atoms with E-state index in [-0.39, 0.29) is 34.8 Å². The van der Waals surface area contributed by atoms with Crippen LogP contribution in [0.25, 0.3) is 0 Å². The maximum atomic E-state index is 13.0. The fourth-order valence-electron chi connectivity index (χ4n) is 2.99. The second-order valence-electron chi connectivity index (χ2n) is 6.44. The SMILES string of the molecule is O=C(COc1ccc(Cl)cc1[N+](=O)[O-])N1CCN(Cc2ccc(F)cc2)CC1.